The van der Waals surface area contributed by atoms with Crippen molar-refractivity contribution < 1.29 is 0 Å². The highest BCUT2D eigenvalue weighted by Gasteiger charge is 2.11. The molecule has 0 bridgehead atoms. The number of fused-ring (bicyclic) bond motifs is 3. The third-order valence-electron chi connectivity index (χ3n) is 3.28. The molecule has 3 aromatic rings. The van der Waals surface area contributed by atoms with E-state index in [1.54, 1.807) is 0 Å². The molecular weight excluding hydrogens is 222 g/mol. The van der Waals surface area contributed by atoms with Gasteiger partial charge in [-0.2, -0.15) is 0 Å². The van der Waals surface area contributed by atoms with Gasteiger partial charge in [0.15, 0.2) is 0 Å². The highest BCUT2D eigenvalue weighted by Crippen LogP contribution is 2.25. The second kappa shape index (κ2) is 4.09. The van der Waals surface area contributed by atoms with Gasteiger partial charge in [-0.1, -0.05) is 13.8 Å². The van der Waals surface area contributed by atoms with Gasteiger partial charge in [0.2, 0.25) is 0 Å². The Morgan fingerprint density at radius 2 is 1.89 bits per heavy atom. The maximum Gasteiger partial charge on any atom is 0.115 e. The predicted molar refractivity (Wildman–Crippen MR) is 74.6 cm³/mol. The first-order valence-corrected chi connectivity index (χ1v) is 6.36. The van der Waals surface area contributed by atoms with Gasteiger partial charge in [-0.05, 0) is 36.6 Å². The van der Waals surface area contributed by atoms with Crippen molar-refractivity contribution in [2.45, 2.75) is 20.3 Å². The third kappa shape index (κ3) is 1.67. The molecule has 0 fully saturated rings. The van der Waals surface area contributed by atoms with Crippen LogP contribution in [0.1, 0.15) is 19.5 Å². The van der Waals surface area contributed by atoms with Gasteiger partial charge in [0.25, 0.3) is 0 Å². The summed E-state index contributed by atoms with van der Waals surface area (Å²) in [5.41, 5.74) is 5.46. The van der Waals surface area contributed by atoms with E-state index in [1.807, 2.05) is 12.3 Å². The summed E-state index contributed by atoms with van der Waals surface area (Å²) in [6.07, 6.45) is 2.84. The maximum absolute atomic E-state index is 4.78. The lowest BCUT2D eigenvalue weighted by Crippen LogP contribution is -1.97. The van der Waals surface area contributed by atoms with E-state index >= 15 is 0 Å². The fourth-order valence-electron chi connectivity index (χ4n) is 2.45. The van der Waals surface area contributed by atoms with Crippen molar-refractivity contribution in [3.05, 3.63) is 36.2 Å². The number of nitrogens with zero attached hydrogens (tertiary/aromatic N) is 3. The molecule has 18 heavy (non-hydrogen) atoms. The Hall–Kier alpha value is -1.90. The largest absolute Gasteiger partial charge is 0.341 e. The number of hydrogen-bond donors (Lipinski definition) is 0. The third-order valence-corrected chi connectivity index (χ3v) is 3.28. The van der Waals surface area contributed by atoms with Gasteiger partial charge in [-0.3, -0.25) is 4.98 Å². The van der Waals surface area contributed by atoms with E-state index in [2.05, 4.69) is 48.6 Å². The summed E-state index contributed by atoms with van der Waals surface area (Å²) in [4.78, 5) is 9.25. The monoisotopic (exact) mass is 239 g/mol. The molecular formula is C15H17N3. The minimum Gasteiger partial charge on any atom is -0.341 e. The van der Waals surface area contributed by atoms with Crippen LogP contribution in [0, 0.1) is 5.92 Å². The number of aromatic nitrogens is 3. The van der Waals surface area contributed by atoms with Gasteiger partial charge in [-0.25, -0.2) is 4.98 Å². The molecule has 0 saturated heterocycles. The second-order valence-electron chi connectivity index (χ2n) is 5.20. The van der Waals surface area contributed by atoms with Crippen LogP contribution in [0.25, 0.3) is 22.1 Å². The van der Waals surface area contributed by atoms with E-state index in [0.717, 1.165) is 34.2 Å². The molecule has 3 heteroatoms. The number of aryl methyl sites for hydroxylation is 1. The molecule has 3 rings (SSSR count). The standard InChI is InChI=1S/C15H17N3/c1-10(2)9-11-6-7-13-15(17-11)14-12(18(13)3)5-4-8-16-14/h4-8,10H,9H2,1-3H3. The SMILES string of the molecule is CC(C)Cc1ccc2c(n1)c1ncccc1n2C. The smallest absolute Gasteiger partial charge is 0.115 e. The van der Waals surface area contributed by atoms with Crippen LogP contribution in [0.3, 0.4) is 0 Å². The molecule has 92 valence electrons. The molecule has 0 aliphatic rings. The van der Waals surface area contributed by atoms with Crippen molar-refractivity contribution in [2.24, 2.45) is 13.0 Å². The van der Waals surface area contributed by atoms with Crippen LogP contribution < -0.4 is 0 Å². The Kier molecular flexibility index (Phi) is 2.54. The van der Waals surface area contributed by atoms with E-state index < -0.39 is 0 Å². The fraction of sp³-hybridized carbons (Fsp3) is 0.333. The fourth-order valence-corrected chi connectivity index (χ4v) is 2.45. The Balaban J connectivity index is 2.29. The van der Waals surface area contributed by atoms with Crippen LogP contribution in [-0.2, 0) is 13.5 Å². The molecule has 3 nitrogen and oxygen atoms in total. The van der Waals surface area contributed by atoms with Gasteiger partial charge in [-0.15, -0.1) is 0 Å². The summed E-state index contributed by atoms with van der Waals surface area (Å²) in [5.74, 6) is 0.623. The minimum absolute atomic E-state index is 0.623. The van der Waals surface area contributed by atoms with Crippen molar-refractivity contribution in [1.82, 2.24) is 14.5 Å². The minimum atomic E-state index is 0.623. The first kappa shape index (κ1) is 11.2. The molecule has 0 N–H and O–H groups in total. The molecule has 0 radical (unpaired) electrons. The average molecular weight is 239 g/mol. The van der Waals surface area contributed by atoms with Gasteiger partial charge >= 0.3 is 0 Å². The summed E-state index contributed by atoms with van der Waals surface area (Å²) in [7, 11) is 2.07. The number of hydrogen-bond acceptors (Lipinski definition) is 2. The van der Waals surface area contributed by atoms with Crippen LogP contribution in [0.2, 0.25) is 0 Å². The van der Waals surface area contributed by atoms with Crippen LogP contribution in [0.15, 0.2) is 30.5 Å². The van der Waals surface area contributed by atoms with Crippen LogP contribution in [0.5, 0.6) is 0 Å². The molecule has 3 heterocycles. The highest BCUT2D eigenvalue weighted by molar-refractivity contribution is 6.03. The Morgan fingerprint density at radius 1 is 1.11 bits per heavy atom. The molecule has 0 spiro atoms. The average Bonchev–Trinajstić information content (AvgIpc) is 2.63. The van der Waals surface area contributed by atoms with Crippen LogP contribution in [0.4, 0.5) is 0 Å². The summed E-state index contributed by atoms with van der Waals surface area (Å²) < 4.78 is 2.16. The zero-order valence-corrected chi connectivity index (χ0v) is 11.0. The molecule has 0 aromatic carbocycles. The molecule has 0 aliphatic carbocycles. The van der Waals surface area contributed by atoms with E-state index in [1.165, 1.54) is 0 Å². The first-order chi connectivity index (χ1) is 8.66. The summed E-state index contributed by atoms with van der Waals surface area (Å²) in [6.45, 7) is 4.43. The zero-order valence-electron chi connectivity index (χ0n) is 11.0. The topological polar surface area (TPSA) is 30.7 Å². The van der Waals surface area contributed by atoms with E-state index in [4.69, 9.17) is 4.98 Å². The van der Waals surface area contributed by atoms with Crippen molar-refractivity contribution in [3.63, 3.8) is 0 Å². The lowest BCUT2D eigenvalue weighted by atomic mass is 10.1. The number of pyridine rings is 2. The van der Waals surface area contributed by atoms with Gasteiger partial charge in [0, 0.05) is 18.9 Å². The first-order valence-electron chi connectivity index (χ1n) is 6.36. The van der Waals surface area contributed by atoms with Crippen LogP contribution in [-0.4, -0.2) is 14.5 Å². The van der Waals surface area contributed by atoms with E-state index in [0.29, 0.717) is 5.92 Å². The van der Waals surface area contributed by atoms with Crippen molar-refractivity contribution in [2.75, 3.05) is 0 Å². The molecule has 0 saturated carbocycles. The number of rotatable bonds is 2. The van der Waals surface area contributed by atoms with Crippen molar-refractivity contribution in [1.29, 1.82) is 0 Å². The Labute approximate surface area is 106 Å². The molecule has 0 amide bonds. The predicted octanol–water partition coefficient (Wildman–Crippen LogP) is 3.32. The van der Waals surface area contributed by atoms with Gasteiger partial charge in [0.1, 0.15) is 11.0 Å². The Morgan fingerprint density at radius 3 is 2.67 bits per heavy atom. The molecule has 0 unspecified atom stereocenters. The lowest BCUT2D eigenvalue weighted by Gasteiger charge is -2.04. The van der Waals surface area contributed by atoms with Crippen molar-refractivity contribution >= 4 is 22.1 Å². The van der Waals surface area contributed by atoms with Gasteiger partial charge < -0.3 is 4.57 Å². The summed E-state index contributed by atoms with van der Waals surface area (Å²) in [5, 5.41) is 0. The zero-order chi connectivity index (χ0) is 12.7. The van der Waals surface area contributed by atoms with Gasteiger partial charge in [0.05, 0.1) is 11.0 Å². The van der Waals surface area contributed by atoms with Crippen LogP contribution >= 0.6 is 0 Å². The van der Waals surface area contributed by atoms with E-state index in [-0.39, 0.29) is 0 Å². The van der Waals surface area contributed by atoms with E-state index in [9.17, 15) is 0 Å². The summed E-state index contributed by atoms with van der Waals surface area (Å²) >= 11 is 0. The maximum atomic E-state index is 4.78. The van der Waals surface area contributed by atoms with Crippen molar-refractivity contribution in [3.8, 4) is 0 Å². The summed E-state index contributed by atoms with van der Waals surface area (Å²) in [6, 6.07) is 8.34. The normalized spacial score (nSPS) is 11.8. The Bertz CT molecular complexity index is 710. The molecule has 0 aliphatic heterocycles. The molecule has 0 atom stereocenters. The lowest BCUT2D eigenvalue weighted by molar-refractivity contribution is 0.637. The second-order valence-corrected chi connectivity index (χ2v) is 5.20. The quantitative estimate of drug-likeness (QED) is 0.687. The molecule has 3 aromatic heterocycles. The highest BCUT2D eigenvalue weighted by atomic mass is 15.0.